The van der Waals surface area contributed by atoms with E-state index in [1.807, 2.05) is 35.9 Å². The van der Waals surface area contributed by atoms with Crippen molar-refractivity contribution in [1.29, 1.82) is 0 Å². The molecule has 0 fully saturated rings. The molecule has 0 radical (unpaired) electrons. The first kappa shape index (κ1) is 13.0. The molecule has 0 aliphatic heterocycles. The molecular formula is C13H18N2O2S. The number of benzene rings is 1. The normalized spacial score (nSPS) is 12.4. The zero-order valence-corrected chi connectivity index (χ0v) is 11.7. The highest BCUT2D eigenvalue weighted by molar-refractivity contribution is 7.91. The summed E-state index contributed by atoms with van der Waals surface area (Å²) in [5, 5.41) is 0.543. The molecule has 1 aromatic carbocycles. The Morgan fingerprint density at radius 1 is 1.33 bits per heavy atom. The Morgan fingerprint density at radius 2 is 2.00 bits per heavy atom. The molecule has 98 valence electrons. The summed E-state index contributed by atoms with van der Waals surface area (Å²) in [7, 11) is -1.23. The number of anilines is 1. The van der Waals surface area contributed by atoms with Gasteiger partial charge in [-0.25, -0.2) is 8.42 Å². The molecule has 0 bridgehead atoms. The minimum atomic E-state index is -3.10. The van der Waals surface area contributed by atoms with E-state index < -0.39 is 9.84 Å². The molecular weight excluding hydrogens is 248 g/mol. The second-order valence-corrected chi connectivity index (χ2v) is 7.39. The van der Waals surface area contributed by atoms with Crippen molar-refractivity contribution in [1.82, 2.24) is 4.57 Å². The number of hydrogen-bond donors (Lipinski definition) is 1. The van der Waals surface area contributed by atoms with Crippen LogP contribution >= 0.6 is 0 Å². The summed E-state index contributed by atoms with van der Waals surface area (Å²) in [5.41, 5.74) is 8.31. The highest BCUT2D eigenvalue weighted by atomic mass is 32.2. The lowest BCUT2D eigenvalue weighted by atomic mass is 10.2. The number of aromatic nitrogens is 1. The largest absolute Gasteiger partial charge is 0.398 e. The number of hydrogen-bond acceptors (Lipinski definition) is 3. The average Bonchev–Trinajstić information content (AvgIpc) is 2.58. The van der Waals surface area contributed by atoms with Crippen LogP contribution in [0, 0.1) is 0 Å². The first-order valence-corrected chi connectivity index (χ1v) is 7.59. The van der Waals surface area contributed by atoms with Crippen LogP contribution in [0.1, 0.15) is 19.5 Å². The van der Waals surface area contributed by atoms with Crippen LogP contribution in [0.15, 0.2) is 24.3 Å². The zero-order chi connectivity index (χ0) is 13.5. The predicted octanol–water partition coefficient (Wildman–Crippen LogP) is 2.08. The average molecular weight is 266 g/mol. The van der Waals surface area contributed by atoms with Crippen molar-refractivity contribution in [2.24, 2.45) is 7.05 Å². The first-order chi connectivity index (χ1) is 8.33. The van der Waals surface area contributed by atoms with Gasteiger partial charge in [0.2, 0.25) is 0 Å². The van der Waals surface area contributed by atoms with E-state index in [-0.39, 0.29) is 11.0 Å². The van der Waals surface area contributed by atoms with Gasteiger partial charge >= 0.3 is 0 Å². The third-order valence-electron chi connectivity index (χ3n) is 3.29. The second kappa shape index (κ2) is 4.31. The Morgan fingerprint density at radius 3 is 2.56 bits per heavy atom. The molecule has 0 saturated carbocycles. The highest BCUT2D eigenvalue weighted by Gasteiger charge is 2.19. The van der Waals surface area contributed by atoms with Crippen molar-refractivity contribution in [2.45, 2.75) is 24.9 Å². The van der Waals surface area contributed by atoms with Gasteiger partial charge in [0.05, 0.1) is 16.5 Å². The van der Waals surface area contributed by atoms with Gasteiger partial charge in [-0.1, -0.05) is 6.07 Å². The van der Waals surface area contributed by atoms with Gasteiger partial charge in [-0.15, -0.1) is 0 Å². The zero-order valence-electron chi connectivity index (χ0n) is 10.8. The predicted molar refractivity (Wildman–Crippen MR) is 75.1 cm³/mol. The molecule has 2 N–H and O–H groups in total. The number of fused-ring (bicyclic) bond motifs is 1. The number of rotatable bonds is 3. The summed E-state index contributed by atoms with van der Waals surface area (Å²) in [4.78, 5) is 0. The molecule has 0 spiro atoms. The molecule has 0 unspecified atom stereocenters. The lowest BCUT2D eigenvalue weighted by molar-refractivity contribution is 0.585. The third-order valence-corrected chi connectivity index (χ3v) is 5.42. The monoisotopic (exact) mass is 266 g/mol. The van der Waals surface area contributed by atoms with Crippen molar-refractivity contribution in [3.8, 4) is 0 Å². The molecule has 5 heteroatoms. The van der Waals surface area contributed by atoms with E-state index in [1.165, 1.54) is 0 Å². The Bertz CT molecular complexity index is 684. The van der Waals surface area contributed by atoms with E-state index in [4.69, 9.17) is 5.73 Å². The fourth-order valence-electron chi connectivity index (χ4n) is 1.95. The van der Waals surface area contributed by atoms with E-state index >= 15 is 0 Å². The van der Waals surface area contributed by atoms with E-state index in [1.54, 1.807) is 13.8 Å². The van der Waals surface area contributed by atoms with Crippen molar-refractivity contribution in [3.05, 3.63) is 30.0 Å². The molecule has 4 nitrogen and oxygen atoms in total. The van der Waals surface area contributed by atoms with Crippen molar-refractivity contribution in [2.75, 3.05) is 5.73 Å². The van der Waals surface area contributed by atoms with Gasteiger partial charge in [-0.2, -0.15) is 0 Å². The minimum absolute atomic E-state index is 0.0509. The molecule has 0 saturated heterocycles. The maximum absolute atomic E-state index is 12.0. The number of nitrogens with two attached hydrogens (primary N) is 1. The van der Waals surface area contributed by atoms with Crippen molar-refractivity contribution >= 4 is 26.4 Å². The number of nitrogens with zero attached hydrogens (tertiary/aromatic N) is 1. The summed E-state index contributed by atoms with van der Waals surface area (Å²) in [5.74, 6) is 0.0509. The lowest BCUT2D eigenvalue weighted by Crippen LogP contribution is -2.17. The number of sulfone groups is 1. The number of aryl methyl sites for hydroxylation is 1. The Labute approximate surface area is 107 Å². The smallest absolute Gasteiger partial charge is 0.158 e. The molecule has 1 aromatic heterocycles. The molecule has 2 rings (SSSR count). The van der Waals surface area contributed by atoms with E-state index in [9.17, 15) is 8.42 Å². The molecule has 0 aliphatic rings. The standard InChI is InChI=1S/C13H18N2O2S/c1-9(2)18(16,17)8-10-7-11-12(14)5-4-6-13(11)15(10)3/h4-7,9H,8,14H2,1-3H3. The fourth-order valence-corrected chi connectivity index (χ4v) is 2.97. The first-order valence-electron chi connectivity index (χ1n) is 5.87. The summed E-state index contributed by atoms with van der Waals surface area (Å²) in [6.45, 7) is 3.40. The van der Waals surface area contributed by atoms with Gasteiger partial charge < -0.3 is 10.3 Å². The van der Waals surface area contributed by atoms with E-state index in [2.05, 4.69) is 0 Å². The Kier molecular flexibility index (Phi) is 3.11. The highest BCUT2D eigenvalue weighted by Crippen LogP contribution is 2.25. The topological polar surface area (TPSA) is 65.1 Å². The second-order valence-electron chi connectivity index (χ2n) is 4.83. The van der Waals surface area contributed by atoms with E-state index in [0.29, 0.717) is 5.69 Å². The van der Waals surface area contributed by atoms with Crippen LogP contribution in [-0.4, -0.2) is 18.2 Å². The molecule has 1 heterocycles. The van der Waals surface area contributed by atoms with Crippen LogP contribution < -0.4 is 5.73 Å². The van der Waals surface area contributed by atoms with Crippen LogP contribution in [0.2, 0.25) is 0 Å². The SMILES string of the molecule is CC(C)S(=O)(=O)Cc1cc2c(N)cccc2n1C. The Hall–Kier alpha value is -1.49. The van der Waals surface area contributed by atoms with Crippen molar-refractivity contribution in [3.63, 3.8) is 0 Å². The maximum Gasteiger partial charge on any atom is 0.158 e. The van der Waals surface area contributed by atoms with Crippen LogP contribution in [0.4, 0.5) is 5.69 Å². The van der Waals surface area contributed by atoms with Gasteiger partial charge in [0.25, 0.3) is 0 Å². The summed E-state index contributed by atoms with van der Waals surface area (Å²) in [6.07, 6.45) is 0. The molecule has 2 aromatic rings. The summed E-state index contributed by atoms with van der Waals surface area (Å²) in [6, 6.07) is 7.50. The summed E-state index contributed by atoms with van der Waals surface area (Å²) < 4.78 is 25.8. The number of nitrogen functional groups attached to an aromatic ring is 1. The third kappa shape index (κ3) is 2.10. The maximum atomic E-state index is 12.0. The van der Waals surface area contributed by atoms with Crippen LogP contribution in [0.3, 0.4) is 0 Å². The van der Waals surface area contributed by atoms with Crippen LogP contribution in [0.25, 0.3) is 10.9 Å². The molecule has 0 amide bonds. The quantitative estimate of drug-likeness (QED) is 0.865. The van der Waals surface area contributed by atoms with Gasteiger partial charge in [0.1, 0.15) is 0 Å². The van der Waals surface area contributed by atoms with Gasteiger partial charge in [-0.05, 0) is 32.0 Å². The minimum Gasteiger partial charge on any atom is -0.398 e. The fraction of sp³-hybridized carbons (Fsp3) is 0.385. The molecule has 0 aliphatic carbocycles. The van der Waals surface area contributed by atoms with Gasteiger partial charge in [0, 0.05) is 23.8 Å². The van der Waals surface area contributed by atoms with Crippen molar-refractivity contribution < 1.29 is 8.42 Å². The lowest BCUT2D eigenvalue weighted by Gasteiger charge is -2.08. The van der Waals surface area contributed by atoms with Crippen LogP contribution in [0.5, 0.6) is 0 Å². The Balaban J connectivity index is 2.54. The van der Waals surface area contributed by atoms with Crippen LogP contribution in [-0.2, 0) is 22.6 Å². The van der Waals surface area contributed by atoms with Gasteiger partial charge in [-0.3, -0.25) is 0 Å². The van der Waals surface area contributed by atoms with E-state index in [0.717, 1.165) is 16.6 Å². The molecule has 0 atom stereocenters. The summed E-state index contributed by atoms with van der Waals surface area (Å²) >= 11 is 0. The van der Waals surface area contributed by atoms with Gasteiger partial charge in [0.15, 0.2) is 9.84 Å². The molecule has 18 heavy (non-hydrogen) atoms.